The summed E-state index contributed by atoms with van der Waals surface area (Å²) in [6.07, 6.45) is 0. The van der Waals surface area contributed by atoms with Crippen LogP contribution in [0.4, 0.5) is 4.39 Å². The Hall–Kier alpha value is -2.84. The molecule has 23 heavy (non-hydrogen) atoms. The molecule has 112 valence electrons. The highest BCUT2D eigenvalue weighted by atomic mass is 32.1. The lowest BCUT2D eigenvalue weighted by molar-refractivity contribution is 0.109. The van der Waals surface area contributed by atoms with Crippen LogP contribution in [-0.2, 0) is 0 Å². The normalized spacial score (nSPS) is 10.3. The molecule has 0 radical (unpaired) electrons. The number of nitriles is 1. The van der Waals surface area contributed by atoms with Crippen molar-refractivity contribution in [1.29, 1.82) is 5.26 Å². The van der Waals surface area contributed by atoms with Gasteiger partial charge in [-0.15, -0.1) is 12.6 Å². The first-order valence-electron chi connectivity index (χ1n) is 6.82. The number of hydrogen-bond donors (Lipinski definition) is 2. The summed E-state index contributed by atoms with van der Waals surface area (Å²) in [5, 5.41) is 8.97. The molecule has 0 aliphatic heterocycles. The van der Waals surface area contributed by atoms with E-state index in [1.807, 2.05) is 0 Å². The van der Waals surface area contributed by atoms with E-state index in [0.29, 0.717) is 33.6 Å². The van der Waals surface area contributed by atoms with Gasteiger partial charge in [-0.3, -0.25) is 4.79 Å². The number of hydrogen-bond acceptors (Lipinski definition) is 2. The summed E-state index contributed by atoms with van der Waals surface area (Å²) in [6, 6.07) is 16.8. The molecule has 0 bridgehead atoms. The van der Waals surface area contributed by atoms with E-state index in [1.54, 1.807) is 48.5 Å². The van der Waals surface area contributed by atoms with E-state index >= 15 is 0 Å². The van der Waals surface area contributed by atoms with Crippen molar-refractivity contribution in [2.45, 2.75) is 0 Å². The highest BCUT2D eigenvalue weighted by Gasteiger charge is 2.17. The molecule has 0 atom stereocenters. The Morgan fingerprint density at radius 1 is 1.09 bits per heavy atom. The van der Waals surface area contributed by atoms with E-state index in [9.17, 15) is 14.4 Å². The van der Waals surface area contributed by atoms with Crippen LogP contribution in [0, 0.1) is 17.1 Å². The molecule has 0 spiro atoms. The maximum atomic E-state index is 14.0. The predicted molar refractivity (Wildman–Crippen MR) is 89.7 cm³/mol. The lowest BCUT2D eigenvalue weighted by Gasteiger charge is -2.05. The molecular weight excluding hydrogens is 311 g/mol. The maximum absolute atomic E-state index is 14.0. The Morgan fingerprint density at radius 3 is 2.39 bits per heavy atom. The molecular formula is C18H11FN2OS. The van der Waals surface area contributed by atoms with Crippen LogP contribution in [0.2, 0.25) is 0 Å². The molecule has 0 aliphatic carbocycles. The van der Waals surface area contributed by atoms with Crippen molar-refractivity contribution >= 4 is 17.7 Å². The molecule has 5 heteroatoms. The van der Waals surface area contributed by atoms with E-state index in [2.05, 4.69) is 23.7 Å². The highest BCUT2D eigenvalue weighted by Crippen LogP contribution is 2.32. The summed E-state index contributed by atoms with van der Waals surface area (Å²) in [4.78, 5) is 14.7. The van der Waals surface area contributed by atoms with Crippen molar-refractivity contribution in [1.82, 2.24) is 4.98 Å². The molecule has 3 rings (SSSR count). The summed E-state index contributed by atoms with van der Waals surface area (Å²) in [6.45, 7) is 0. The second-order valence-corrected chi connectivity index (χ2v) is 5.32. The summed E-state index contributed by atoms with van der Waals surface area (Å²) in [7, 11) is 0. The number of carbonyl (C=O) groups excluding carboxylic acids is 1. The number of H-pyrrole nitrogens is 1. The number of nitrogens with zero attached hydrogens (tertiary/aromatic N) is 1. The largest absolute Gasteiger partial charge is 0.353 e. The molecule has 1 N–H and O–H groups in total. The zero-order valence-electron chi connectivity index (χ0n) is 11.9. The van der Waals surface area contributed by atoms with Gasteiger partial charge in [0.1, 0.15) is 11.9 Å². The van der Waals surface area contributed by atoms with Crippen LogP contribution in [0.25, 0.3) is 22.5 Å². The number of aromatic nitrogens is 1. The van der Waals surface area contributed by atoms with Gasteiger partial charge in [-0.2, -0.15) is 5.26 Å². The monoisotopic (exact) mass is 322 g/mol. The van der Waals surface area contributed by atoms with Crippen molar-refractivity contribution in [2.75, 3.05) is 0 Å². The molecule has 2 aromatic carbocycles. The SMILES string of the molecule is N#Cc1cc(-c2ccccc2F)[nH]c1-c1ccccc1C(=O)S. The first-order chi connectivity index (χ1) is 11.1. The van der Waals surface area contributed by atoms with Gasteiger partial charge in [0.05, 0.1) is 17.0 Å². The van der Waals surface area contributed by atoms with Crippen LogP contribution < -0.4 is 0 Å². The number of thiol groups is 1. The van der Waals surface area contributed by atoms with Gasteiger partial charge < -0.3 is 4.98 Å². The lowest BCUT2D eigenvalue weighted by atomic mass is 10.0. The summed E-state index contributed by atoms with van der Waals surface area (Å²) >= 11 is 3.87. The van der Waals surface area contributed by atoms with Gasteiger partial charge in [-0.25, -0.2) is 4.39 Å². The third-order valence-electron chi connectivity index (χ3n) is 3.53. The van der Waals surface area contributed by atoms with E-state index in [1.165, 1.54) is 6.07 Å². The summed E-state index contributed by atoms with van der Waals surface area (Å²) in [5.41, 5.74) is 2.61. The average Bonchev–Trinajstić information content (AvgIpc) is 2.99. The van der Waals surface area contributed by atoms with Crippen molar-refractivity contribution in [3.63, 3.8) is 0 Å². The minimum Gasteiger partial charge on any atom is -0.353 e. The quantitative estimate of drug-likeness (QED) is 0.701. The van der Waals surface area contributed by atoms with Gasteiger partial charge in [0, 0.05) is 16.7 Å². The Balaban J connectivity index is 2.21. The molecule has 0 amide bonds. The smallest absolute Gasteiger partial charge is 0.217 e. The lowest BCUT2D eigenvalue weighted by Crippen LogP contribution is -1.94. The fourth-order valence-electron chi connectivity index (χ4n) is 2.47. The summed E-state index contributed by atoms with van der Waals surface area (Å²) in [5.74, 6) is -0.386. The van der Waals surface area contributed by atoms with Crippen LogP contribution in [0.5, 0.6) is 0 Å². The van der Waals surface area contributed by atoms with Crippen LogP contribution >= 0.6 is 12.6 Å². The molecule has 0 fully saturated rings. The van der Waals surface area contributed by atoms with Crippen molar-refractivity contribution in [3.8, 4) is 28.6 Å². The predicted octanol–water partition coefficient (Wildman–Crippen LogP) is 4.43. The molecule has 0 saturated carbocycles. The number of benzene rings is 2. The zero-order valence-corrected chi connectivity index (χ0v) is 12.8. The third kappa shape index (κ3) is 2.77. The topological polar surface area (TPSA) is 56.6 Å². The average molecular weight is 322 g/mol. The van der Waals surface area contributed by atoms with Gasteiger partial charge in [-0.05, 0) is 24.3 Å². The minimum atomic E-state index is -0.397. The fourth-order valence-corrected chi connectivity index (χ4v) is 2.66. The molecule has 3 nitrogen and oxygen atoms in total. The number of halogens is 1. The standard InChI is InChI=1S/C18H11FN2OS/c19-15-8-4-3-7-14(15)16-9-11(10-20)17(21-16)12-5-1-2-6-13(12)18(22)23/h1-9,21H,(H,22,23). The third-order valence-corrected chi connectivity index (χ3v) is 3.77. The first-order valence-corrected chi connectivity index (χ1v) is 7.27. The molecule has 0 saturated heterocycles. The van der Waals surface area contributed by atoms with Crippen LogP contribution in [0.15, 0.2) is 54.6 Å². The van der Waals surface area contributed by atoms with Crippen LogP contribution in [0.3, 0.4) is 0 Å². The van der Waals surface area contributed by atoms with Gasteiger partial charge >= 0.3 is 0 Å². The van der Waals surface area contributed by atoms with Crippen LogP contribution in [0.1, 0.15) is 15.9 Å². The number of aromatic amines is 1. The highest BCUT2D eigenvalue weighted by molar-refractivity contribution is 7.97. The number of carbonyl (C=O) groups is 1. The van der Waals surface area contributed by atoms with Crippen LogP contribution in [-0.4, -0.2) is 10.1 Å². The van der Waals surface area contributed by atoms with Crippen molar-refractivity contribution < 1.29 is 9.18 Å². The Labute approximate surface area is 137 Å². The minimum absolute atomic E-state index is 0.338. The second kappa shape index (κ2) is 6.11. The Morgan fingerprint density at radius 2 is 1.74 bits per heavy atom. The van der Waals surface area contributed by atoms with E-state index < -0.39 is 5.12 Å². The summed E-state index contributed by atoms with van der Waals surface area (Å²) < 4.78 is 14.0. The van der Waals surface area contributed by atoms with Gasteiger partial charge in [0.15, 0.2) is 0 Å². The molecule has 1 aromatic heterocycles. The van der Waals surface area contributed by atoms with Crippen molar-refractivity contribution in [3.05, 3.63) is 71.5 Å². The number of nitrogens with one attached hydrogen (secondary N) is 1. The van der Waals surface area contributed by atoms with E-state index in [0.717, 1.165) is 0 Å². The molecule has 0 unspecified atom stereocenters. The Kier molecular flexibility index (Phi) is 4.00. The second-order valence-electron chi connectivity index (χ2n) is 4.91. The van der Waals surface area contributed by atoms with E-state index in [-0.39, 0.29) is 5.82 Å². The molecule has 3 aromatic rings. The maximum Gasteiger partial charge on any atom is 0.217 e. The number of rotatable bonds is 3. The van der Waals surface area contributed by atoms with Gasteiger partial charge in [0.25, 0.3) is 0 Å². The molecule has 1 heterocycles. The van der Waals surface area contributed by atoms with Gasteiger partial charge in [-0.1, -0.05) is 30.3 Å². The van der Waals surface area contributed by atoms with Crippen molar-refractivity contribution in [2.24, 2.45) is 0 Å². The molecule has 0 aliphatic rings. The Bertz CT molecular complexity index is 940. The van der Waals surface area contributed by atoms with E-state index in [4.69, 9.17) is 0 Å². The first kappa shape index (κ1) is 15.1. The zero-order chi connectivity index (χ0) is 16.4. The fraction of sp³-hybridized carbons (Fsp3) is 0. The van der Waals surface area contributed by atoms with Gasteiger partial charge in [0.2, 0.25) is 5.12 Å².